The predicted octanol–water partition coefficient (Wildman–Crippen LogP) is 3.12. The molecule has 0 aliphatic carbocycles. The number of aromatic nitrogens is 2. The second-order valence-corrected chi connectivity index (χ2v) is 4.90. The topological polar surface area (TPSA) is 39.1 Å². The molecular weight excluding hydrogens is 269 g/mol. The molecule has 0 amide bonds. The van der Waals surface area contributed by atoms with E-state index < -0.39 is 0 Å². The van der Waals surface area contributed by atoms with Crippen molar-refractivity contribution in [1.82, 2.24) is 14.9 Å². The number of aryl methyl sites for hydroxylation is 1. The van der Waals surface area contributed by atoms with Gasteiger partial charge in [0.05, 0.1) is 18.2 Å². The Balaban J connectivity index is 2.06. The van der Waals surface area contributed by atoms with E-state index in [2.05, 4.69) is 21.8 Å². The molecule has 0 saturated heterocycles. The molecule has 1 heterocycles. The molecule has 0 unspecified atom stereocenters. The monoisotopic (exact) mass is 291 g/mol. The van der Waals surface area contributed by atoms with Gasteiger partial charge < -0.3 is 14.6 Å². The minimum atomic E-state index is -0.244. The first kappa shape index (κ1) is 15.5. The van der Waals surface area contributed by atoms with E-state index in [0.29, 0.717) is 18.9 Å². The number of benzene rings is 1. The van der Waals surface area contributed by atoms with Crippen molar-refractivity contribution in [2.75, 3.05) is 6.54 Å². The Morgan fingerprint density at radius 3 is 2.95 bits per heavy atom. The quantitative estimate of drug-likeness (QED) is 0.812. The SMILES string of the molecule is CCCn1cncc1COc1ccc(F)cc1CNCC. The lowest BCUT2D eigenvalue weighted by atomic mass is 10.2. The first-order valence-corrected chi connectivity index (χ1v) is 7.35. The highest BCUT2D eigenvalue weighted by atomic mass is 19.1. The van der Waals surface area contributed by atoms with Gasteiger partial charge in [-0.2, -0.15) is 0 Å². The van der Waals surface area contributed by atoms with Crippen LogP contribution in [0.1, 0.15) is 31.5 Å². The molecular formula is C16H22FN3O. The number of imidazole rings is 1. The Kier molecular flexibility index (Phi) is 5.75. The second-order valence-electron chi connectivity index (χ2n) is 4.90. The number of nitrogens with one attached hydrogen (secondary N) is 1. The maximum absolute atomic E-state index is 13.4. The van der Waals surface area contributed by atoms with Gasteiger partial charge >= 0.3 is 0 Å². The third-order valence-electron chi connectivity index (χ3n) is 3.23. The number of rotatable bonds is 8. The van der Waals surface area contributed by atoms with Crippen molar-refractivity contribution in [3.05, 3.63) is 47.8 Å². The largest absolute Gasteiger partial charge is 0.487 e. The van der Waals surface area contributed by atoms with Crippen LogP contribution in [0.5, 0.6) is 5.75 Å². The van der Waals surface area contributed by atoms with Gasteiger partial charge in [0, 0.05) is 18.7 Å². The molecule has 1 aromatic carbocycles. The standard InChI is InChI=1S/C16H22FN3O/c1-3-7-20-12-19-10-15(20)11-21-16-6-5-14(17)8-13(16)9-18-4-2/h5-6,8,10,12,18H,3-4,7,9,11H2,1-2H3. The summed E-state index contributed by atoms with van der Waals surface area (Å²) >= 11 is 0. The summed E-state index contributed by atoms with van der Waals surface area (Å²) in [6.07, 6.45) is 4.67. The van der Waals surface area contributed by atoms with Gasteiger partial charge in [0.25, 0.3) is 0 Å². The number of nitrogens with zero attached hydrogens (tertiary/aromatic N) is 2. The Morgan fingerprint density at radius 1 is 1.33 bits per heavy atom. The first-order valence-electron chi connectivity index (χ1n) is 7.35. The third-order valence-corrected chi connectivity index (χ3v) is 3.23. The van der Waals surface area contributed by atoms with Crippen LogP contribution >= 0.6 is 0 Å². The molecule has 1 N–H and O–H groups in total. The molecule has 4 nitrogen and oxygen atoms in total. The van der Waals surface area contributed by atoms with E-state index in [1.807, 2.05) is 19.4 Å². The lowest BCUT2D eigenvalue weighted by Crippen LogP contribution is -2.13. The van der Waals surface area contributed by atoms with Gasteiger partial charge in [0.15, 0.2) is 0 Å². The second kappa shape index (κ2) is 7.78. The molecule has 0 aliphatic heterocycles. The zero-order chi connectivity index (χ0) is 15.1. The molecule has 114 valence electrons. The van der Waals surface area contributed by atoms with E-state index in [1.54, 1.807) is 6.07 Å². The highest BCUT2D eigenvalue weighted by Crippen LogP contribution is 2.21. The lowest BCUT2D eigenvalue weighted by Gasteiger charge is -2.13. The van der Waals surface area contributed by atoms with Crippen LogP contribution in [0.25, 0.3) is 0 Å². The van der Waals surface area contributed by atoms with E-state index in [-0.39, 0.29) is 5.82 Å². The fourth-order valence-corrected chi connectivity index (χ4v) is 2.15. The summed E-state index contributed by atoms with van der Waals surface area (Å²) < 4.78 is 21.3. The van der Waals surface area contributed by atoms with Crippen molar-refractivity contribution in [2.45, 2.75) is 40.0 Å². The minimum Gasteiger partial charge on any atom is -0.487 e. The van der Waals surface area contributed by atoms with Crippen LogP contribution in [0, 0.1) is 5.82 Å². The maximum Gasteiger partial charge on any atom is 0.130 e. The summed E-state index contributed by atoms with van der Waals surface area (Å²) in [6, 6.07) is 4.62. The summed E-state index contributed by atoms with van der Waals surface area (Å²) in [6.45, 7) is 6.93. The first-order chi connectivity index (χ1) is 10.2. The normalized spacial score (nSPS) is 10.8. The van der Waals surface area contributed by atoms with Gasteiger partial charge in [0.1, 0.15) is 18.2 Å². The van der Waals surface area contributed by atoms with Crippen LogP contribution in [0.4, 0.5) is 4.39 Å². The van der Waals surface area contributed by atoms with Crippen LogP contribution in [-0.4, -0.2) is 16.1 Å². The predicted molar refractivity (Wildman–Crippen MR) is 80.6 cm³/mol. The van der Waals surface area contributed by atoms with Crippen LogP contribution < -0.4 is 10.1 Å². The summed E-state index contributed by atoms with van der Waals surface area (Å²) in [5.74, 6) is 0.466. The third kappa shape index (κ3) is 4.29. The molecule has 2 aromatic rings. The Morgan fingerprint density at radius 2 is 2.19 bits per heavy atom. The molecule has 0 fully saturated rings. The van der Waals surface area contributed by atoms with Crippen molar-refractivity contribution in [1.29, 1.82) is 0 Å². The molecule has 0 bridgehead atoms. The molecule has 21 heavy (non-hydrogen) atoms. The Bertz CT molecular complexity index is 568. The van der Waals surface area contributed by atoms with Crippen molar-refractivity contribution < 1.29 is 9.13 Å². The van der Waals surface area contributed by atoms with E-state index in [9.17, 15) is 4.39 Å². The molecule has 5 heteroatoms. The average molecular weight is 291 g/mol. The van der Waals surface area contributed by atoms with Gasteiger partial charge in [-0.15, -0.1) is 0 Å². The van der Waals surface area contributed by atoms with Crippen molar-refractivity contribution in [3.8, 4) is 5.75 Å². The highest BCUT2D eigenvalue weighted by Gasteiger charge is 2.07. The van der Waals surface area contributed by atoms with Crippen molar-refractivity contribution in [2.24, 2.45) is 0 Å². The molecule has 0 atom stereocenters. The van der Waals surface area contributed by atoms with E-state index >= 15 is 0 Å². The average Bonchev–Trinajstić information content (AvgIpc) is 2.92. The molecule has 2 rings (SSSR count). The van der Waals surface area contributed by atoms with Gasteiger partial charge in [-0.1, -0.05) is 13.8 Å². The summed E-state index contributed by atoms with van der Waals surface area (Å²) in [7, 11) is 0. The molecule has 1 aromatic heterocycles. The molecule has 0 spiro atoms. The van der Waals surface area contributed by atoms with Crippen LogP contribution in [0.2, 0.25) is 0 Å². The van der Waals surface area contributed by atoms with Crippen molar-refractivity contribution in [3.63, 3.8) is 0 Å². The summed E-state index contributed by atoms with van der Waals surface area (Å²) in [5.41, 5.74) is 1.86. The van der Waals surface area contributed by atoms with E-state index in [4.69, 9.17) is 4.74 Å². The maximum atomic E-state index is 13.4. The Labute approximate surface area is 125 Å². The van der Waals surface area contributed by atoms with Crippen molar-refractivity contribution >= 4 is 0 Å². The highest BCUT2D eigenvalue weighted by molar-refractivity contribution is 5.34. The minimum absolute atomic E-state index is 0.244. The number of hydrogen-bond donors (Lipinski definition) is 1. The molecule has 0 radical (unpaired) electrons. The van der Waals surface area contributed by atoms with Gasteiger partial charge in [-0.3, -0.25) is 0 Å². The number of hydrogen-bond acceptors (Lipinski definition) is 3. The molecule has 0 aliphatic rings. The van der Waals surface area contributed by atoms with Gasteiger partial charge in [-0.05, 0) is 31.2 Å². The fraction of sp³-hybridized carbons (Fsp3) is 0.438. The summed E-state index contributed by atoms with van der Waals surface area (Å²) in [4.78, 5) is 4.15. The summed E-state index contributed by atoms with van der Waals surface area (Å²) in [5, 5.41) is 3.19. The number of ether oxygens (including phenoxy) is 1. The van der Waals surface area contributed by atoms with E-state index in [1.165, 1.54) is 12.1 Å². The van der Waals surface area contributed by atoms with Crippen LogP contribution in [0.3, 0.4) is 0 Å². The van der Waals surface area contributed by atoms with Gasteiger partial charge in [-0.25, -0.2) is 9.37 Å². The number of halogens is 1. The zero-order valence-electron chi connectivity index (χ0n) is 12.6. The van der Waals surface area contributed by atoms with Gasteiger partial charge in [0.2, 0.25) is 0 Å². The van der Waals surface area contributed by atoms with Crippen LogP contribution in [0.15, 0.2) is 30.7 Å². The van der Waals surface area contributed by atoms with E-state index in [0.717, 1.165) is 30.8 Å². The van der Waals surface area contributed by atoms with Crippen LogP contribution in [-0.2, 0) is 19.7 Å². The lowest BCUT2D eigenvalue weighted by molar-refractivity contribution is 0.290. The molecule has 0 saturated carbocycles. The Hall–Kier alpha value is -1.88. The zero-order valence-corrected chi connectivity index (χ0v) is 12.6. The smallest absolute Gasteiger partial charge is 0.130 e. The fourth-order valence-electron chi connectivity index (χ4n) is 2.15.